The van der Waals surface area contributed by atoms with Crippen LogP contribution in [-0.4, -0.2) is 37.1 Å². The number of amides is 1. The lowest BCUT2D eigenvalue weighted by atomic mass is 9.81. The number of nitrogens with two attached hydrogens (primary N) is 1. The van der Waals surface area contributed by atoms with Crippen molar-refractivity contribution >= 4 is 22.2 Å². The van der Waals surface area contributed by atoms with Crippen LogP contribution in [0.5, 0.6) is 0 Å². The van der Waals surface area contributed by atoms with E-state index in [0.717, 1.165) is 12.0 Å². The van der Waals surface area contributed by atoms with E-state index in [2.05, 4.69) is 13.8 Å². The molecule has 20 heavy (non-hydrogen) atoms. The van der Waals surface area contributed by atoms with Gasteiger partial charge in [-0.05, 0) is 30.2 Å². The second kappa shape index (κ2) is 5.37. The molecule has 2 N–H and O–H groups in total. The Balaban J connectivity index is 1.98. The van der Waals surface area contributed by atoms with Crippen LogP contribution in [0, 0.1) is 0 Å². The Hall–Kier alpha value is -1.07. The van der Waals surface area contributed by atoms with Gasteiger partial charge in [-0.3, -0.25) is 4.79 Å². The number of fused-ring (bicyclic) bond motifs is 1. The molecule has 1 fully saturated rings. The number of hydrogen-bond donors (Lipinski definition) is 1. The first-order chi connectivity index (χ1) is 9.59. The van der Waals surface area contributed by atoms with Gasteiger partial charge < -0.3 is 15.4 Å². The monoisotopic (exact) mass is 294 g/mol. The first-order valence-electron chi connectivity index (χ1n) is 7.38. The number of carbonyl (C=O) groups excluding carboxylic acids is 1. The summed E-state index contributed by atoms with van der Waals surface area (Å²) in [5.74, 6) is 1.07. The molecule has 1 amide bonds. The molecular weight excluding hydrogens is 272 g/mol. The average molecular weight is 294 g/mol. The summed E-state index contributed by atoms with van der Waals surface area (Å²) in [5, 5.41) is 0.701. The highest BCUT2D eigenvalue weighted by molar-refractivity contribution is 7.16. The van der Waals surface area contributed by atoms with Crippen LogP contribution in [0.3, 0.4) is 0 Å². The number of hydrogen-bond acceptors (Lipinski definition) is 4. The topological polar surface area (TPSA) is 55.6 Å². The zero-order valence-corrected chi connectivity index (χ0v) is 13.0. The SMILES string of the molecule is CC1CCC(C)c2c1sc(N)c2C(=O)N1CCOCC1. The maximum absolute atomic E-state index is 12.8. The van der Waals surface area contributed by atoms with Crippen LogP contribution in [0.25, 0.3) is 0 Å². The molecule has 1 aliphatic heterocycles. The number of nitrogen functional groups attached to an aromatic ring is 1. The zero-order valence-electron chi connectivity index (χ0n) is 12.1. The largest absolute Gasteiger partial charge is 0.390 e. The van der Waals surface area contributed by atoms with Gasteiger partial charge >= 0.3 is 0 Å². The second-order valence-corrected chi connectivity index (χ2v) is 6.99. The molecule has 0 spiro atoms. The van der Waals surface area contributed by atoms with E-state index in [-0.39, 0.29) is 5.91 Å². The Labute approximate surface area is 123 Å². The molecule has 2 aliphatic rings. The van der Waals surface area contributed by atoms with Crippen LogP contribution in [0.4, 0.5) is 5.00 Å². The van der Waals surface area contributed by atoms with E-state index in [0.29, 0.717) is 43.1 Å². The van der Waals surface area contributed by atoms with Gasteiger partial charge in [-0.15, -0.1) is 11.3 Å². The van der Waals surface area contributed by atoms with E-state index in [1.165, 1.54) is 16.9 Å². The van der Waals surface area contributed by atoms with E-state index in [9.17, 15) is 4.79 Å². The van der Waals surface area contributed by atoms with Gasteiger partial charge in [-0.1, -0.05) is 13.8 Å². The van der Waals surface area contributed by atoms with Gasteiger partial charge in [-0.25, -0.2) is 0 Å². The van der Waals surface area contributed by atoms with Crippen molar-refractivity contribution in [2.75, 3.05) is 32.0 Å². The highest BCUT2D eigenvalue weighted by atomic mass is 32.1. The molecule has 0 radical (unpaired) electrons. The maximum Gasteiger partial charge on any atom is 0.257 e. The number of thiophene rings is 1. The van der Waals surface area contributed by atoms with Crippen molar-refractivity contribution in [3.05, 3.63) is 16.0 Å². The summed E-state index contributed by atoms with van der Waals surface area (Å²) in [7, 11) is 0. The fourth-order valence-corrected chi connectivity index (χ4v) is 4.52. The van der Waals surface area contributed by atoms with Crippen LogP contribution in [0.2, 0.25) is 0 Å². The van der Waals surface area contributed by atoms with Gasteiger partial charge in [0.05, 0.1) is 23.8 Å². The summed E-state index contributed by atoms with van der Waals surface area (Å²) in [5.41, 5.74) is 8.20. The number of morpholine rings is 1. The van der Waals surface area contributed by atoms with Gasteiger partial charge in [0, 0.05) is 18.0 Å². The van der Waals surface area contributed by atoms with Crippen LogP contribution in [0.15, 0.2) is 0 Å². The van der Waals surface area contributed by atoms with Crippen molar-refractivity contribution in [3.8, 4) is 0 Å². The molecule has 110 valence electrons. The van der Waals surface area contributed by atoms with Gasteiger partial charge in [0.25, 0.3) is 5.91 Å². The molecule has 0 saturated carbocycles. The summed E-state index contributed by atoms with van der Waals surface area (Å²) < 4.78 is 5.33. The van der Waals surface area contributed by atoms with Gasteiger partial charge in [-0.2, -0.15) is 0 Å². The van der Waals surface area contributed by atoms with E-state index in [4.69, 9.17) is 10.5 Å². The first kappa shape index (κ1) is 13.9. The first-order valence-corrected chi connectivity index (χ1v) is 8.20. The Kier molecular flexibility index (Phi) is 3.73. The summed E-state index contributed by atoms with van der Waals surface area (Å²) in [4.78, 5) is 16.0. The lowest BCUT2D eigenvalue weighted by Crippen LogP contribution is -2.41. The van der Waals surface area contributed by atoms with Crippen LogP contribution in [-0.2, 0) is 4.74 Å². The Morgan fingerprint density at radius 2 is 1.90 bits per heavy atom. The zero-order chi connectivity index (χ0) is 14.3. The number of rotatable bonds is 1. The summed E-state index contributed by atoms with van der Waals surface area (Å²) >= 11 is 1.62. The summed E-state index contributed by atoms with van der Waals surface area (Å²) in [6.07, 6.45) is 2.34. The normalized spacial score (nSPS) is 26.4. The minimum atomic E-state index is 0.101. The highest BCUT2D eigenvalue weighted by Gasteiger charge is 2.33. The molecule has 2 unspecified atom stereocenters. The fraction of sp³-hybridized carbons (Fsp3) is 0.667. The molecule has 1 aliphatic carbocycles. The van der Waals surface area contributed by atoms with Crippen molar-refractivity contribution in [1.82, 2.24) is 4.90 Å². The highest BCUT2D eigenvalue weighted by Crippen LogP contribution is 2.47. The molecule has 0 aromatic carbocycles. The Bertz CT molecular complexity index is 520. The molecular formula is C15H22N2O2S. The predicted molar refractivity (Wildman–Crippen MR) is 81.5 cm³/mol. The molecule has 1 aromatic heterocycles. The molecule has 2 atom stereocenters. The lowest BCUT2D eigenvalue weighted by Gasteiger charge is -2.29. The van der Waals surface area contributed by atoms with Gasteiger partial charge in [0.1, 0.15) is 0 Å². The van der Waals surface area contributed by atoms with Crippen LogP contribution < -0.4 is 5.73 Å². The van der Waals surface area contributed by atoms with Crippen LogP contribution >= 0.6 is 11.3 Å². The molecule has 2 heterocycles. The van der Waals surface area contributed by atoms with Crippen molar-refractivity contribution in [2.45, 2.75) is 38.5 Å². The standard InChI is InChI=1S/C15H22N2O2S/c1-9-3-4-10(2)13-11(9)12(14(16)20-13)15(18)17-5-7-19-8-6-17/h9-10H,3-8,16H2,1-2H3. The smallest absolute Gasteiger partial charge is 0.257 e. The lowest BCUT2D eigenvalue weighted by molar-refractivity contribution is 0.0302. The molecule has 4 nitrogen and oxygen atoms in total. The number of nitrogens with zero attached hydrogens (tertiary/aromatic N) is 1. The number of anilines is 1. The maximum atomic E-state index is 12.8. The molecule has 1 aromatic rings. The van der Waals surface area contributed by atoms with E-state index < -0.39 is 0 Å². The minimum Gasteiger partial charge on any atom is -0.390 e. The molecule has 1 saturated heterocycles. The van der Waals surface area contributed by atoms with E-state index >= 15 is 0 Å². The fourth-order valence-electron chi connectivity index (χ4n) is 3.26. The quantitative estimate of drug-likeness (QED) is 0.866. The van der Waals surface area contributed by atoms with Gasteiger partial charge in [0.2, 0.25) is 0 Å². The Morgan fingerprint density at radius 3 is 2.60 bits per heavy atom. The second-order valence-electron chi connectivity index (χ2n) is 5.90. The van der Waals surface area contributed by atoms with Crippen molar-refractivity contribution < 1.29 is 9.53 Å². The van der Waals surface area contributed by atoms with Crippen molar-refractivity contribution in [2.24, 2.45) is 0 Å². The van der Waals surface area contributed by atoms with Crippen LogP contribution in [0.1, 0.15) is 59.3 Å². The molecule has 0 bridgehead atoms. The van der Waals surface area contributed by atoms with E-state index in [1.807, 2.05) is 4.90 Å². The van der Waals surface area contributed by atoms with Crippen molar-refractivity contribution in [3.63, 3.8) is 0 Å². The number of ether oxygens (including phenoxy) is 1. The average Bonchev–Trinajstić information content (AvgIpc) is 2.82. The third kappa shape index (κ3) is 2.23. The molecule has 5 heteroatoms. The predicted octanol–water partition coefficient (Wildman–Crippen LogP) is 2.80. The van der Waals surface area contributed by atoms with Crippen molar-refractivity contribution in [1.29, 1.82) is 0 Å². The molecule has 3 rings (SSSR count). The summed E-state index contributed by atoms with van der Waals surface area (Å²) in [6.45, 7) is 7.06. The third-order valence-corrected chi connectivity index (χ3v) is 5.75. The van der Waals surface area contributed by atoms with Gasteiger partial charge in [0.15, 0.2) is 0 Å². The Morgan fingerprint density at radius 1 is 1.25 bits per heavy atom. The number of carbonyl (C=O) groups is 1. The third-order valence-electron chi connectivity index (χ3n) is 4.49. The summed E-state index contributed by atoms with van der Waals surface area (Å²) in [6, 6.07) is 0. The minimum absolute atomic E-state index is 0.101. The van der Waals surface area contributed by atoms with E-state index in [1.54, 1.807) is 11.3 Å².